The third kappa shape index (κ3) is 2.22. The van der Waals surface area contributed by atoms with Crippen molar-refractivity contribution in [3.8, 4) is 0 Å². The van der Waals surface area contributed by atoms with Crippen LogP contribution in [0.2, 0.25) is 5.02 Å². The summed E-state index contributed by atoms with van der Waals surface area (Å²) in [4.78, 5) is 11.7. The van der Waals surface area contributed by atoms with E-state index >= 15 is 0 Å². The van der Waals surface area contributed by atoms with Crippen molar-refractivity contribution in [2.45, 2.75) is 6.92 Å². The molecule has 0 amide bonds. The Balaban J connectivity index is 1.98. The summed E-state index contributed by atoms with van der Waals surface area (Å²) in [5.74, 6) is -0.461. The molecule has 0 N–H and O–H groups in total. The van der Waals surface area contributed by atoms with E-state index in [9.17, 15) is 4.79 Å². The van der Waals surface area contributed by atoms with Gasteiger partial charge in [0, 0.05) is 30.3 Å². The quantitative estimate of drug-likeness (QED) is 0.609. The molecular formula is C13H15BClO5-. The van der Waals surface area contributed by atoms with Crippen LogP contribution in [-0.2, 0) is 18.7 Å². The van der Waals surface area contributed by atoms with Crippen molar-refractivity contribution in [3.63, 3.8) is 0 Å². The zero-order valence-electron chi connectivity index (χ0n) is 11.3. The zero-order chi connectivity index (χ0) is 14.4. The summed E-state index contributed by atoms with van der Waals surface area (Å²) in [5, 5.41) is 0.411. The molecule has 20 heavy (non-hydrogen) atoms. The lowest BCUT2D eigenvalue weighted by molar-refractivity contribution is -0.119. The van der Waals surface area contributed by atoms with Gasteiger partial charge in [0.1, 0.15) is 0 Å². The lowest BCUT2D eigenvalue weighted by Crippen LogP contribution is -2.68. The summed E-state index contributed by atoms with van der Waals surface area (Å²) in [5.41, 5.74) is 0.869. The van der Waals surface area contributed by atoms with Crippen LogP contribution < -0.4 is 5.46 Å². The lowest BCUT2D eigenvalue weighted by Gasteiger charge is -2.58. The molecule has 3 aliphatic rings. The number of methoxy groups -OCH3 is 1. The topological polar surface area (TPSA) is 54.0 Å². The van der Waals surface area contributed by atoms with Crippen molar-refractivity contribution in [1.29, 1.82) is 0 Å². The van der Waals surface area contributed by atoms with E-state index in [0.717, 1.165) is 0 Å². The summed E-state index contributed by atoms with van der Waals surface area (Å²) in [6.45, 7) is 1.72. The molecular weight excluding hydrogens is 282 g/mol. The molecule has 0 saturated carbocycles. The van der Waals surface area contributed by atoms with Crippen LogP contribution >= 0.6 is 11.6 Å². The lowest BCUT2D eigenvalue weighted by atomic mass is 9.64. The molecule has 3 heterocycles. The minimum atomic E-state index is -2.02. The normalized spacial score (nSPS) is 32.1. The van der Waals surface area contributed by atoms with Gasteiger partial charge in [-0.15, -0.1) is 5.46 Å². The van der Waals surface area contributed by atoms with Gasteiger partial charge >= 0.3 is 12.7 Å². The van der Waals surface area contributed by atoms with Gasteiger partial charge in [0.2, 0.25) is 0 Å². The SMILES string of the molecule is COC(=O)c1cc(Cl)cc([B-]23OCC(C)(CO2)CO3)c1. The van der Waals surface area contributed by atoms with Gasteiger partial charge < -0.3 is 18.7 Å². The Hall–Kier alpha value is -1.08. The van der Waals surface area contributed by atoms with Crippen LogP contribution in [0.3, 0.4) is 0 Å². The number of esters is 1. The van der Waals surface area contributed by atoms with E-state index in [1.165, 1.54) is 7.11 Å². The molecule has 0 aromatic heterocycles. The minimum Gasteiger partial charge on any atom is -0.540 e. The van der Waals surface area contributed by atoms with Gasteiger partial charge in [0.15, 0.2) is 0 Å². The van der Waals surface area contributed by atoms with Crippen LogP contribution in [0.5, 0.6) is 0 Å². The van der Waals surface area contributed by atoms with E-state index in [4.69, 9.17) is 30.3 Å². The maximum atomic E-state index is 11.7. The number of hydrogen-bond donors (Lipinski definition) is 0. The number of carbonyl (C=O) groups excluding carboxylic acids is 1. The van der Waals surface area contributed by atoms with E-state index in [1.807, 2.05) is 6.92 Å². The van der Waals surface area contributed by atoms with Gasteiger partial charge in [-0.2, -0.15) is 0 Å². The number of ether oxygens (including phenoxy) is 1. The predicted molar refractivity (Wildman–Crippen MR) is 74.1 cm³/mol. The van der Waals surface area contributed by atoms with Crippen molar-refractivity contribution < 1.29 is 23.5 Å². The monoisotopic (exact) mass is 297 g/mol. The summed E-state index contributed by atoms with van der Waals surface area (Å²) in [6, 6.07) is 4.88. The molecule has 3 aliphatic heterocycles. The van der Waals surface area contributed by atoms with Gasteiger partial charge in [-0.1, -0.05) is 30.7 Å². The molecule has 0 aliphatic carbocycles. The van der Waals surface area contributed by atoms with Crippen LogP contribution in [0.4, 0.5) is 0 Å². The van der Waals surface area contributed by atoms with E-state index in [-0.39, 0.29) is 5.41 Å². The van der Waals surface area contributed by atoms with Crippen LogP contribution in [0.15, 0.2) is 18.2 Å². The van der Waals surface area contributed by atoms with Gasteiger partial charge in [0.05, 0.1) is 12.7 Å². The average molecular weight is 298 g/mol. The highest BCUT2D eigenvalue weighted by Gasteiger charge is 2.47. The maximum absolute atomic E-state index is 11.7. The Labute approximate surface area is 122 Å². The number of carbonyl (C=O) groups is 1. The molecule has 3 saturated heterocycles. The van der Waals surface area contributed by atoms with E-state index in [1.54, 1.807) is 18.2 Å². The first kappa shape index (κ1) is 13.9. The molecule has 108 valence electrons. The summed E-state index contributed by atoms with van der Waals surface area (Å²) in [6.07, 6.45) is 0. The van der Waals surface area contributed by atoms with Crippen LogP contribution in [-0.4, -0.2) is 39.7 Å². The first-order valence-corrected chi connectivity index (χ1v) is 6.79. The fourth-order valence-electron chi connectivity index (χ4n) is 2.54. The van der Waals surface area contributed by atoms with Crippen LogP contribution in [0.1, 0.15) is 17.3 Å². The Morgan fingerprint density at radius 3 is 2.40 bits per heavy atom. The maximum Gasteiger partial charge on any atom is 0.409 e. The average Bonchev–Trinajstić information content (AvgIpc) is 2.47. The van der Waals surface area contributed by atoms with E-state index in [0.29, 0.717) is 35.9 Å². The predicted octanol–water partition coefficient (Wildman–Crippen LogP) is 1.36. The number of benzene rings is 1. The van der Waals surface area contributed by atoms with Crippen molar-refractivity contribution in [3.05, 3.63) is 28.8 Å². The van der Waals surface area contributed by atoms with E-state index in [2.05, 4.69) is 0 Å². The molecule has 5 nitrogen and oxygen atoms in total. The number of rotatable bonds is 2. The second-order valence-corrected chi connectivity index (χ2v) is 6.09. The van der Waals surface area contributed by atoms with Gasteiger partial charge in [-0.05, 0) is 6.07 Å². The molecule has 7 heteroatoms. The second-order valence-electron chi connectivity index (χ2n) is 5.65. The van der Waals surface area contributed by atoms with Crippen molar-refractivity contribution in [2.24, 2.45) is 5.41 Å². The summed E-state index contributed by atoms with van der Waals surface area (Å²) >= 11 is 6.06. The molecule has 0 unspecified atom stereocenters. The van der Waals surface area contributed by atoms with E-state index < -0.39 is 12.7 Å². The first-order chi connectivity index (χ1) is 9.46. The van der Waals surface area contributed by atoms with Crippen molar-refractivity contribution in [1.82, 2.24) is 0 Å². The Bertz CT molecular complexity index is 537. The minimum absolute atomic E-state index is 0.104. The number of hydrogen-bond acceptors (Lipinski definition) is 5. The number of halogens is 1. The van der Waals surface area contributed by atoms with Gasteiger partial charge in [-0.3, -0.25) is 0 Å². The highest BCUT2D eigenvalue weighted by molar-refractivity contribution is 6.76. The third-order valence-corrected chi connectivity index (χ3v) is 3.92. The zero-order valence-corrected chi connectivity index (χ0v) is 12.1. The highest BCUT2D eigenvalue weighted by Crippen LogP contribution is 2.35. The molecule has 1 aromatic carbocycles. The van der Waals surface area contributed by atoms with Gasteiger partial charge in [0.25, 0.3) is 0 Å². The first-order valence-electron chi connectivity index (χ1n) is 6.41. The Kier molecular flexibility index (Phi) is 3.29. The molecule has 3 fully saturated rings. The largest absolute Gasteiger partial charge is 0.540 e. The molecule has 1 aromatic rings. The summed E-state index contributed by atoms with van der Waals surface area (Å²) < 4.78 is 22.1. The second kappa shape index (κ2) is 4.74. The molecule has 0 spiro atoms. The Morgan fingerprint density at radius 1 is 1.25 bits per heavy atom. The third-order valence-electron chi connectivity index (χ3n) is 3.70. The highest BCUT2D eigenvalue weighted by atomic mass is 35.5. The molecule has 4 rings (SSSR count). The standard InChI is InChI=1S/C13H15BClO5/c1-13-6-18-14(19-7-13,20-8-13)10-3-9(12(16)17-2)4-11(15)5-10/h3-5H,6-8H2,1-2H3/q-1. The van der Waals surface area contributed by atoms with Crippen molar-refractivity contribution in [2.75, 3.05) is 26.9 Å². The Morgan fingerprint density at radius 2 is 1.85 bits per heavy atom. The molecule has 0 atom stereocenters. The fourth-order valence-corrected chi connectivity index (χ4v) is 2.79. The van der Waals surface area contributed by atoms with Gasteiger partial charge in [-0.25, -0.2) is 4.79 Å². The molecule has 2 bridgehead atoms. The molecule has 0 radical (unpaired) electrons. The van der Waals surface area contributed by atoms with Crippen LogP contribution in [0, 0.1) is 5.41 Å². The summed E-state index contributed by atoms with van der Waals surface area (Å²) in [7, 11) is 1.32. The fraction of sp³-hybridized carbons (Fsp3) is 0.462. The smallest absolute Gasteiger partial charge is 0.409 e. The number of fused-ring (bicyclic) bond motifs is 3. The van der Waals surface area contributed by atoms with Crippen molar-refractivity contribution >= 4 is 29.8 Å². The van der Waals surface area contributed by atoms with Crippen LogP contribution in [0.25, 0.3) is 0 Å².